The lowest BCUT2D eigenvalue weighted by Crippen LogP contribution is -2.24. The third-order valence-corrected chi connectivity index (χ3v) is 9.04. The van der Waals surface area contributed by atoms with Crippen LogP contribution in [0.3, 0.4) is 0 Å². The largest absolute Gasteiger partial charge is 0.309 e. The van der Waals surface area contributed by atoms with Gasteiger partial charge >= 0.3 is 0 Å². The molecule has 0 amide bonds. The molecule has 4 aromatic rings. The molecule has 0 saturated heterocycles. The van der Waals surface area contributed by atoms with Crippen molar-refractivity contribution in [3.05, 3.63) is 108 Å². The highest BCUT2D eigenvalue weighted by Gasteiger charge is 2.29. The molecule has 1 aromatic heterocycles. The van der Waals surface area contributed by atoms with E-state index >= 15 is 0 Å². The molecule has 1 nitrogen and oxygen atoms in total. The first-order chi connectivity index (χ1) is 14.1. The third kappa shape index (κ3) is 3.79. The molecular weight excluding hydrogens is 391 g/mol. The third-order valence-electron chi connectivity index (χ3n) is 5.00. The van der Waals surface area contributed by atoms with E-state index in [2.05, 4.69) is 36.6 Å². The van der Waals surface area contributed by atoms with E-state index in [9.17, 15) is 4.57 Å². The van der Waals surface area contributed by atoms with Gasteiger partial charge in [0.1, 0.15) is 0 Å². The van der Waals surface area contributed by atoms with Crippen molar-refractivity contribution in [2.24, 2.45) is 0 Å². The Morgan fingerprint density at radius 1 is 0.862 bits per heavy atom. The monoisotopic (exact) mass is 414 g/mol. The zero-order valence-electron chi connectivity index (χ0n) is 16.6. The Morgan fingerprint density at radius 3 is 2.07 bits per heavy atom. The topological polar surface area (TPSA) is 17.1 Å². The number of thiophene rings is 1. The standard InChI is InChI=1S/C26H23OPS/c1-3-10-20(2)17-21-19-29-26-16-15-24(18-25(21)26)28(27,22-11-6-4-7-12-22)23-13-8-5-9-14-23/h3-19H,1-2H3/b10-3-,20-17-. The molecule has 0 fully saturated rings. The number of rotatable bonds is 5. The van der Waals surface area contributed by atoms with E-state index < -0.39 is 7.14 Å². The Labute approximate surface area is 176 Å². The molecule has 0 atom stereocenters. The van der Waals surface area contributed by atoms with E-state index in [1.807, 2.05) is 79.7 Å². The highest BCUT2D eigenvalue weighted by molar-refractivity contribution is 7.85. The molecule has 0 bridgehead atoms. The van der Waals surface area contributed by atoms with Crippen molar-refractivity contribution in [1.82, 2.24) is 0 Å². The van der Waals surface area contributed by atoms with Crippen LogP contribution in [0.1, 0.15) is 19.4 Å². The van der Waals surface area contributed by atoms with Gasteiger partial charge in [-0.1, -0.05) is 84.5 Å². The van der Waals surface area contributed by atoms with Gasteiger partial charge in [0, 0.05) is 26.0 Å². The molecule has 0 saturated carbocycles. The average molecular weight is 415 g/mol. The molecule has 0 aliphatic heterocycles. The Hall–Kier alpha value is -2.67. The zero-order valence-corrected chi connectivity index (χ0v) is 18.3. The highest BCUT2D eigenvalue weighted by atomic mass is 32.1. The van der Waals surface area contributed by atoms with Crippen molar-refractivity contribution in [3.8, 4) is 0 Å². The molecule has 0 spiro atoms. The first-order valence-corrected chi connectivity index (χ1v) is 12.3. The predicted octanol–water partition coefficient (Wildman–Crippen LogP) is 6.52. The van der Waals surface area contributed by atoms with Gasteiger partial charge in [-0.15, -0.1) is 11.3 Å². The summed E-state index contributed by atoms with van der Waals surface area (Å²) in [5.74, 6) is 0. The van der Waals surface area contributed by atoms with Gasteiger partial charge in [0.05, 0.1) is 0 Å². The van der Waals surface area contributed by atoms with E-state index in [4.69, 9.17) is 0 Å². The molecule has 1 heterocycles. The van der Waals surface area contributed by atoms with Crippen LogP contribution in [-0.2, 0) is 4.57 Å². The van der Waals surface area contributed by atoms with Crippen LogP contribution in [0.2, 0.25) is 0 Å². The lowest BCUT2D eigenvalue weighted by atomic mass is 10.1. The minimum Gasteiger partial charge on any atom is -0.309 e. The maximum Gasteiger partial charge on any atom is 0.171 e. The number of hydrogen-bond donors (Lipinski definition) is 0. The fourth-order valence-corrected chi connectivity index (χ4v) is 7.20. The summed E-state index contributed by atoms with van der Waals surface area (Å²) in [6.07, 6.45) is 6.34. The lowest BCUT2D eigenvalue weighted by molar-refractivity contribution is 0.592. The first-order valence-electron chi connectivity index (χ1n) is 9.67. The van der Waals surface area contributed by atoms with Crippen LogP contribution in [0.5, 0.6) is 0 Å². The maximum atomic E-state index is 14.6. The second kappa shape index (κ2) is 8.37. The summed E-state index contributed by atoms with van der Waals surface area (Å²) < 4.78 is 15.8. The van der Waals surface area contributed by atoms with Crippen LogP contribution < -0.4 is 15.9 Å². The molecule has 3 aromatic carbocycles. The Morgan fingerprint density at radius 2 is 1.48 bits per heavy atom. The normalized spacial score (nSPS) is 12.7. The molecule has 3 heteroatoms. The van der Waals surface area contributed by atoms with Crippen LogP contribution in [0.25, 0.3) is 16.2 Å². The molecule has 0 N–H and O–H groups in total. The summed E-state index contributed by atoms with van der Waals surface area (Å²) in [6, 6.07) is 25.9. The minimum atomic E-state index is -2.95. The lowest BCUT2D eigenvalue weighted by Gasteiger charge is -2.20. The smallest absolute Gasteiger partial charge is 0.171 e. The van der Waals surface area contributed by atoms with Crippen molar-refractivity contribution in [2.45, 2.75) is 13.8 Å². The van der Waals surface area contributed by atoms with E-state index in [0.717, 1.165) is 21.3 Å². The van der Waals surface area contributed by atoms with Crippen LogP contribution in [0.15, 0.2) is 102 Å². The summed E-state index contributed by atoms with van der Waals surface area (Å²) in [5.41, 5.74) is 2.38. The SMILES string of the molecule is C/C=C\C(C)=C/c1csc2ccc(P(=O)(c3ccccc3)c3ccccc3)cc12. The second-order valence-corrected chi connectivity index (χ2v) is 10.7. The van der Waals surface area contributed by atoms with Crippen LogP contribution in [0.4, 0.5) is 0 Å². The van der Waals surface area contributed by atoms with Gasteiger partial charge in [-0.2, -0.15) is 0 Å². The summed E-state index contributed by atoms with van der Waals surface area (Å²) in [4.78, 5) is 0. The van der Waals surface area contributed by atoms with Crippen LogP contribution in [-0.4, -0.2) is 0 Å². The van der Waals surface area contributed by atoms with Crippen molar-refractivity contribution in [1.29, 1.82) is 0 Å². The van der Waals surface area contributed by atoms with E-state index in [0.29, 0.717) is 0 Å². The van der Waals surface area contributed by atoms with Gasteiger partial charge in [0.15, 0.2) is 7.14 Å². The van der Waals surface area contributed by atoms with E-state index in [-0.39, 0.29) is 0 Å². The summed E-state index contributed by atoms with van der Waals surface area (Å²) in [5, 5.41) is 5.94. The van der Waals surface area contributed by atoms with Gasteiger partial charge in [0.2, 0.25) is 0 Å². The number of allylic oxidation sites excluding steroid dienone is 3. The van der Waals surface area contributed by atoms with Gasteiger partial charge < -0.3 is 4.57 Å². The number of fused-ring (bicyclic) bond motifs is 1. The van der Waals surface area contributed by atoms with Gasteiger partial charge in [0.25, 0.3) is 0 Å². The van der Waals surface area contributed by atoms with Crippen LogP contribution >= 0.6 is 18.5 Å². The molecule has 0 unspecified atom stereocenters. The molecular formula is C26H23OPS. The zero-order chi connectivity index (χ0) is 20.3. The van der Waals surface area contributed by atoms with Crippen molar-refractivity contribution in [2.75, 3.05) is 0 Å². The molecule has 4 rings (SSSR count). The molecule has 29 heavy (non-hydrogen) atoms. The fraction of sp³-hybridized carbons (Fsp3) is 0.0769. The van der Waals surface area contributed by atoms with Gasteiger partial charge in [-0.3, -0.25) is 0 Å². The molecule has 0 radical (unpaired) electrons. The van der Waals surface area contributed by atoms with Crippen molar-refractivity contribution < 1.29 is 4.57 Å². The summed E-state index contributed by atoms with van der Waals surface area (Å²) in [7, 11) is -2.95. The second-order valence-electron chi connectivity index (χ2n) is 7.04. The Bertz CT molecular complexity index is 1190. The fourth-order valence-electron chi connectivity index (χ4n) is 3.62. The minimum absolute atomic E-state index is 0.864. The van der Waals surface area contributed by atoms with E-state index in [1.54, 1.807) is 11.3 Å². The quantitative estimate of drug-likeness (QED) is 0.268. The Balaban J connectivity index is 1.95. The molecule has 0 aliphatic carbocycles. The van der Waals surface area contributed by atoms with Gasteiger partial charge in [-0.05, 0) is 43.0 Å². The summed E-state index contributed by atoms with van der Waals surface area (Å²) in [6.45, 7) is 4.13. The number of hydrogen-bond acceptors (Lipinski definition) is 2. The first kappa shape index (κ1) is 19.6. The van der Waals surface area contributed by atoms with Crippen molar-refractivity contribution >= 4 is 50.6 Å². The maximum absolute atomic E-state index is 14.6. The van der Waals surface area contributed by atoms with Crippen LogP contribution in [0, 0.1) is 0 Å². The molecule has 0 aliphatic rings. The average Bonchev–Trinajstić information content (AvgIpc) is 3.16. The predicted molar refractivity (Wildman–Crippen MR) is 130 cm³/mol. The highest BCUT2D eigenvalue weighted by Crippen LogP contribution is 2.43. The number of benzene rings is 3. The molecule has 144 valence electrons. The van der Waals surface area contributed by atoms with E-state index in [1.165, 1.54) is 15.8 Å². The van der Waals surface area contributed by atoms with Crippen molar-refractivity contribution in [3.63, 3.8) is 0 Å². The summed E-state index contributed by atoms with van der Waals surface area (Å²) >= 11 is 1.73. The van der Waals surface area contributed by atoms with Gasteiger partial charge in [-0.25, -0.2) is 0 Å². The Kier molecular flexibility index (Phi) is 5.67.